The zero-order valence-electron chi connectivity index (χ0n) is 13.7. The first-order chi connectivity index (χ1) is 11.7. The molecule has 1 fully saturated rings. The topological polar surface area (TPSA) is 40.5 Å². The van der Waals surface area contributed by atoms with Crippen molar-refractivity contribution >= 4 is 12.0 Å². The zero-order chi connectivity index (χ0) is 16.8. The minimum atomic E-state index is -0.777. The molecular weight excluding hydrogens is 298 g/mol. The lowest BCUT2D eigenvalue weighted by Crippen LogP contribution is -2.44. The minimum absolute atomic E-state index is 0.537. The number of rotatable bonds is 5. The molecule has 1 atom stereocenters. The molecule has 24 heavy (non-hydrogen) atoms. The summed E-state index contributed by atoms with van der Waals surface area (Å²) in [6, 6.07) is 19.8. The summed E-state index contributed by atoms with van der Waals surface area (Å²) >= 11 is 0. The molecule has 0 aromatic heterocycles. The van der Waals surface area contributed by atoms with E-state index in [-0.39, 0.29) is 0 Å². The Bertz CT molecular complexity index is 673. The highest BCUT2D eigenvalue weighted by molar-refractivity contribution is 5.77. The van der Waals surface area contributed by atoms with Gasteiger partial charge < -0.3 is 5.11 Å². The second-order valence-corrected chi connectivity index (χ2v) is 6.27. The van der Waals surface area contributed by atoms with E-state index in [2.05, 4.69) is 29.2 Å². The van der Waals surface area contributed by atoms with E-state index >= 15 is 0 Å². The van der Waals surface area contributed by atoms with Crippen LogP contribution in [0.5, 0.6) is 0 Å². The summed E-state index contributed by atoms with van der Waals surface area (Å²) in [7, 11) is 0. The number of hydrogen-bond acceptors (Lipinski definition) is 2. The van der Waals surface area contributed by atoms with E-state index in [1.54, 1.807) is 6.08 Å². The second kappa shape index (κ2) is 7.93. The van der Waals surface area contributed by atoms with Crippen molar-refractivity contribution in [3.05, 3.63) is 77.9 Å². The average molecular weight is 321 g/mol. The molecule has 0 radical (unpaired) electrons. The molecule has 3 nitrogen and oxygen atoms in total. The lowest BCUT2D eigenvalue weighted by Gasteiger charge is -2.34. The molecule has 1 aliphatic rings. The first kappa shape index (κ1) is 16.5. The lowest BCUT2D eigenvalue weighted by molar-refractivity contribution is -0.141. The van der Waals surface area contributed by atoms with Gasteiger partial charge in [0.25, 0.3) is 0 Å². The van der Waals surface area contributed by atoms with Gasteiger partial charge in [-0.25, -0.2) is 0 Å². The van der Waals surface area contributed by atoms with Crippen LogP contribution in [0.15, 0.2) is 66.7 Å². The van der Waals surface area contributed by atoms with E-state index in [4.69, 9.17) is 0 Å². The number of aliphatic carboxylic acids is 1. The number of hydrogen-bond donors (Lipinski definition) is 1. The van der Waals surface area contributed by atoms with Crippen LogP contribution in [0.3, 0.4) is 0 Å². The number of nitrogens with zero attached hydrogens (tertiary/aromatic N) is 1. The fourth-order valence-electron chi connectivity index (χ4n) is 3.36. The van der Waals surface area contributed by atoms with Gasteiger partial charge in [-0.1, -0.05) is 72.8 Å². The van der Waals surface area contributed by atoms with Crippen molar-refractivity contribution in [3.63, 3.8) is 0 Å². The summed E-state index contributed by atoms with van der Waals surface area (Å²) in [5.41, 5.74) is 2.40. The van der Waals surface area contributed by atoms with Crippen molar-refractivity contribution in [2.24, 2.45) is 0 Å². The number of piperidine rings is 1. The molecule has 2 aromatic carbocycles. The molecular formula is C21H23NO2. The largest absolute Gasteiger partial charge is 0.480 e. The van der Waals surface area contributed by atoms with Crippen LogP contribution in [0, 0.1) is 0 Å². The summed E-state index contributed by atoms with van der Waals surface area (Å²) in [6.45, 7) is 1.63. The van der Waals surface area contributed by atoms with Crippen LogP contribution in [0.4, 0.5) is 0 Å². The van der Waals surface area contributed by atoms with Gasteiger partial charge in [-0.3, -0.25) is 9.69 Å². The fraction of sp³-hybridized carbons (Fsp3) is 0.286. The maximum atomic E-state index is 11.7. The molecule has 1 saturated heterocycles. The number of carboxylic acid groups (broad SMARTS) is 1. The first-order valence-corrected chi connectivity index (χ1v) is 8.49. The number of benzene rings is 2. The molecule has 2 aromatic rings. The molecule has 0 amide bonds. The highest BCUT2D eigenvalue weighted by atomic mass is 16.4. The molecule has 0 spiro atoms. The molecule has 1 aliphatic heterocycles. The summed E-state index contributed by atoms with van der Waals surface area (Å²) in [6.07, 6.45) is 5.72. The van der Waals surface area contributed by atoms with E-state index in [1.807, 2.05) is 42.5 Å². The Morgan fingerprint density at radius 3 is 2.17 bits per heavy atom. The molecule has 1 unspecified atom stereocenters. The van der Waals surface area contributed by atoms with E-state index < -0.39 is 12.0 Å². The standard InChI is InChI=1S/C21H23NO2/c23-21(24)20(12-11-17-7-3-1-4-8-17)22-15-13-19(14-16-22)18-9-5-2-6-10-18/h1-12,19-20H,13-16H2,(H,23,24)/b12-11+. The van der Waals surface area contributed by atoms with Gasteiger partial charge in [0.2, 0.25) is 0 Å². The van der Waals surface area contributed by atoms with Gasteiger partial charge in [0.15, 0.2) is 0 Å². The molecule has 1 N–H and O–H groups in total. The quantitative estimate of drug-likeness (QED) is 0.904. The van der Waals surface area contributed by atoms with Crippen LogP contribution >= 0.6 is 0 Å². The number of likely N-dealkylation sites (tertiary alicyclic amines) is 1. The van der Waals surface area contributed by atoms with Gasteiger partial charge in [0.1, 0.15) is 6.04 Å². The molecule has 1 heterocycles. The smallest absolute Gasteiger partial charge is 0.324 e. The Morgan fingerprint density at radius 1 is 1.00 bits per heavy atom. The van der Waals surface area contributed by atoms with Gasteiger partial charge in [0, 0.05) is 0 Å². The average Bonchev–Trinajstić information content (AvgIpc) is 2.64. The third-order valence-electron chi connectivity index (χ3n) is 4.72. The van der Waals surface area contributed by atoms with E-state index in [1.165, 1.54) is 5.56 Å². The zero-order valence-corrected chi connectivity index (χ0v) is 13.7. The third kappa shape index (κ3) is 4.12. The van der Waals surface area contributed by atoms with Crippen molar-refractivity contribution < 1.29 is 9.90 Å². The summed E-state index contributed by atoms with van der Waals surface area (Å²) in [4.78, 5) is 13.7. The van der Waals surface area contributed by atoms with Crippen LogP contribution in [0.25, 0.3) is 6.08 Å². The molecule has 124 valence electrons. The normalized spacial score (nSPS) is 17.8. The van der Waals surface area contributed by atoms with Gasteiger partial charge in [-0.15, -0.1) is 0 Å². The highest BCUT2D eigenvalue weighted by Crippen LogP contribution is 2.28. The molecule has 3 rings (SSSR count). The van der Waals surface area contributed by atoms with Crippen molar-refractivity contribution in [2.45, 2.75) is 24.8 Å². The van der Waals surface area contributed by atoms with Crippen molar-refractivity contribution in [1.82, 2.24) is 4.90 Å². The van der Waals surface area contributed by atoms with Crippen LogP contribution in [-0.4, -0.2) is 35.1 Å². The summed E-state index contributed by atoms with van der Waals surface area (Å²) in [5.74, 6) is -0.240. The Kier molecular flexibility index (Phi) is 5.44. The Hall–Kier alpha value is -2.39. The van der Waals surface area contributed by atoms with Crippen molar-refractivity contribution in [3.8, 4) is 0 Å². The number of carbonyl (C=O) groups is 1. The predicted octanol–water partition coefficient (Wildman–Crippen LogP) is 4.03. The van der Waals surface area contributed by atoms with Crippen LogP contribution < -0.4 is 0 Å². The first-order valence-electron chi connectivity index (χ1n) is 8.49. The molecule has 0 aliphatic carbocycles. The number of carboxylic acids is 1. The Labute approximate surface area is 143 Å². The Morgan fingerprint density at radius 2 is 1.58 bits per heavy atom. The van der Waals surface area contributed by atoms with Gasteiger partial charge in [-0.05, 0) is 43.0 Å². The monoisotopic (exact) mass is 321 g/mol. The molecule has 0 bridgehead atoms. The van der Waals surface area contributed by atoms with Gasteiger partial charge >= 0.3 is 5.97 Å². The van der Waals surface area contributed by atoms with Gasteiger partial charge in [-0.2, -0.15) is 0 Å². The maximum Gasteiger partial charge on any atom is 0.324 e. The fourth-order valence-corrected chi connectivity index (χ4v) is 3.36. The summed E-state index contributed by atoms with van der Waals surface area (Å²) < 4.78 is 0. The predicted molar refractivity (Wildman–Crippen MR) is 96.9 cm³/mol. The van der Waals surface area contributed by atoms with Crippen molar-refractivity contribution in [2.75, 3.05) is 13.1 Å². The maximum absolute atomic E-state index is 11.7. The van der Waals surface area contributed by atoms with Crippen LogP contribution in [-0.2, 0) is 4.79 Å². The SMILES string of the molecule is O=C(O)C(/C=C/c1ccccc1)N1CCC(c2ccccc2)CC1. The van der Waals surface area contributed by atoms with E-state index in [0.29, 0.717) is 5.92 Å². The Balaban J connectivity index is 1.64. The van der Waals surface area contributed by atoms with Crippen molar-refractivity contribution in [1.29, 1.82) is 0 Å². The second-order valence-electron chi connectivity index (χ2n) is 6.27. The lowest BCUT2D eigenvalue weighted by atomic mass is 9.89. The van der Waals surface area contributed by atoms with E-state index in [9.17, 15) is 9.90 Å². The minimum Gasteiger partial charge on any atom is -0.480 e. The van der Waals surface area contributed by atoms with Crippen LogP contribution in [0.2, 0.25) is 0 Å². The highest BCUT2D eigenvalue weighted by Gasteiger charge is 2.28. The summed E-state index contributed by atoms with van der Waals surface area (Å²) in [5, 5.41) is 9.59. The van der Waals surface area contributed by atoms with Gasteiger partial charge in [0.05, 0.1) is 0 Å². The third-order valence-corrected chi connectivity index (χ3v) is 4.72. The molecule has 0 saturated carbocycles. The molecule has 3 heteroatoms. The van der Waals surface area contributed by atoms with Crippen LogP contribution in [0.1, 0.15) is 29.9 Å². The van der Waals surface area contributed by atoms with E-state index in [0.717, 1.165) is 31.5 Å².